The first-order valence-corrected chi connectivity index (χ1v) is 8.73. The van der Waals surface area contributed by atoms with Gasteiger partial charge in [0.2, 0.25) is 5.88 Å². The number of aromatic nitrogens is 2. The molecule has 0 fully saturated rings. The normalized spacial score (nSPS) is 11.7. The molecule has 138 valence electrons. The molecular formula is C21H20FN3O2. The molecule has 0 radical (unpaired) electrons. The zero-order valence-corrected chi connectivity index (χ0v) is 15.1. The number of halogens is 1. The number of benzene rings is 2. The standard InChI is InChI=1S/C21H20FN3O2/c1-3-14(2)23-21(26)16-6-4-5-15(13-16)19-11-12-20(25-24-19)27-18-9-7-17(22)8-10-18/h4-14H,3H2,1-2H3,(H,23,26)/t14-/m1/s1. The van der Waals surface area contributed by atoms with Gasteiger partial charge in [-0.15, -0.1) is 10.2 Å². The van der Waals surface area contributed by atoms with Crippen molar-refractivity contribution in [2.45, 2.75) is 26.3 Å². The van der Waals surface area contributed by atoms with E-state index in [9.17, 15) is 9.18 Å². The minimum Gasteiger partial charge on any atom is -0.438 e. The number of carbonyl (C=O) groups is 1. The topological polar surface area (TPSA) is 64.1 Å². The third-order valence-corrected chi connectivity index (χ3v) is 4.09. The smallest absolute Gasteiger partial charge is 0.251 e. The SMILES string of the molecule is CC[C@@H](C)NC(=O)c1cccc(-c2ccc(Oc3ccc(F)cc3)nn2)c1. The molecule has 0 aliphatic rings. The Kier molecular flexibility index (Phi) is 5.76. The van der Waals surface area contributed by atoms with Crippen LogP contribution >= 0.6 is 0 Å². The molecule has 1 heterocycles. The fourth-order valence-corrected chi connectivity index (χ4v) is 2.38. The number of rotatable bonds is 6. The quantitative estimate of drug-likeness (QED) is 0.693. The largest absolute Gasteiger partial charge is 0.438 e. The highest BCUT2D eigenvalue weighted by atomic mass is 19.1. The molecule has 1 atom stereocenters. The van der Waals surface area contributed by atoms with Gasteiger partial charge >= 0.3 is 0 Å². The second-order valence-electron chi connectivity index (χ2n) is 6.18. The highest BCUT2D eigenvalue weighted by Gasteiger charge is 2.10. The van der Waals surface area contributed by atoms with Crippen LogP contribution in [0.5, 0.6) is 11.6 Å². The summed E-state index contributed by atoms with van der Waals surface area (Å²) in [4.78, 5) is 12.3. The van der Waals surface area contributed by atoms with E-state index in [1.54, 1.807) is 24.3 Å². The molecule has 3 aromatic rings. The molecule has 3 rings (SSSR count). The van der Waals surface area contributed by atoms with Crippen molar-refractivity contribution in [2.24, 2.45) is 0 Å². The van der Waals surface area contributed by atoms with Crippen LogP contribution in [-0.4, -0.2) is 22.1 Å². The van der Waals surface area contributed by atoms with Crippen molar-refractivity contribution in [1.82, 2.24) is 15.5 Å². The average Bonchev–Trinajstić information content (AvgIpc) is 2.70. The zero-order valence-electron chi connectivity index (χ0n) is 15.1. The fraction of sp³-hybridized carbons (Fsp3) is 0.190. The molecule has 1 aromatic heterocycles. The van der Waals surface area contributed by atoms with Crippen LogP contribution in [0.4, 0.5) is 4.39 Å². The average molecular weight is 365 g/mol. The summed E-state index contributed by atoms with van der Waals surface area (Å²) < 4.78 is 18.5. The number of hydrogen-bond acceptors (Lipinski definition) is 4. The molecule has 0 aliphatic heterocycles. The number of amides is 1. The van der Waals surface area contributed by atoms with E-state index < -0.39 is 0 Å². The Balaban J connectivity index is 1.74. The Bertz CT molecular complexity index is 911. The van der Waals surface area contributed by atoms with E-state index in [2.05, 4.69) is 15.5 Å². The van der Waals surface area contributed by atoms with Crippen LogP contribution in [0.3, 0.4) is 0 Å². The first-order valence-electron chi connectivity index (χ1n) is 8.73. The Labute approximate surface area is 157 Å². The molecule has 1 N–H and O–H groups in total. The molecule has 5 nitrogen and oxygen atoms in total. The van der Waals surface area contributed by atoms with E-state index in [-0.39, 0.29) is 17.8 Å². The minimum atomic E-state index is -0.332. The summed E-state index contributed by atoms with van der Waals surface area (Å²) >= 11 is 0. The molecule has 0 unspecified atom stereocenters. The lowest BCUT2D eigenvalue weighted by Crippen LogP contribution is -2.31. The van der Waals surface area contributed by atoms with E-state index in [0.29, 0.717) is 22.9 Å². The Hall–Kier alpha value is -3.28. The van der Waals surface area contributed by atoms with Gasteiger partial charge in [-0.05, 0) is 55.8 Å². The number of nitrogens with one attached hydrogen (secondary N) is 1. The predicted molar refractivity (Wildman–Crippen MR) is 101 cm³/mol. The van der Waals surface area contributed by atoms with Crippen LogP contribution in [0, 0.1) is 5.82 Å². The first-order chi connectivity index (χ1) is 13.0. The van der Waals surface area contributed by atoms with Crippen LogP contribution in [0.2, 0.25) is 0 Å². The molecule has 0 saturated carbocycles. The van der Waals surface area contributed by atoms with Crippen LogP contribution in [-0.2, 0) is 0 Å². The van der Waals surface area contributed by atoms with E-state index in [0.717, 1.165) is 12.0 Å². The number of ether oxygens (including phenoxy) is 1. The summed E-state index contributed by atoms with van der Waals surface area (Å²) in [6, 6.07) is 16.4. The molecular weight excluding hydrogens is 345 g/mol. The number of carbonyl (C=O) groups excluding carboxylic acids is 1. The van der Waals surface area contributed by atoms with Gasteiger partial charge in [0.15, 0.2) is 0 Å². The summed E-state index contributed by atoms with van der Waals surface area (Å²) in [5.74, 6) is 0.328. The van der Waals surface area contributed by atoms with Gasteiger partial charge in [0.25, 0.3) is 5.91 Å². The summed E-state index contributed by atoms with van der Waals surface area (Å²) in [6.45, 7) is 3.99. The first kappa shape index (κ1) is 18.5. The van der Waals surface area contributed by atoms with E-state index in [1.165, 1.54) is 24.3 Å². The van der Waals surface area contributed by atoms with Crippen LogP contribution in [0.1, 0.15) is 30.6 Å². The lowest BCUT2D eigenvalue weighted by atomic mass is 10.1. The molecule has 27 heavy (non-hydrogen) atoms. The van der Waals surface area contributed by atoms with Gasteiger partial charge in [-0.25, -0.2) is 4.39 Å². The summed E-state index contributed by atoms with van der Waals surface area (Å²) in [5, 5.41) is 11.1. The molecule has 0 spiro atoms. The summed E-state index contributed by atoms with van der Waals surface area (Å²) in [6.07, 6.45) is 0.867. The number of nitrogens with zero attached hydrogens (tertiary/aromatic N) is 2. The maximum absolute atomic E-state index is 12.9. The van der Waals surface area contributed by atoms with Crippen LogP contribution < -0.4 is 10.1 Å². The van der Waals surface area contributed by atoms with Crippen molar-refractivity contribution < 1.29 is 13.9 Å². The third-order valence-electron chi connectivity index (χ3n) is 4.09. The van der Waals surface area contributed by atoms with Gasteiger partial charge in [0, 0.05) is 23.2 Å². The monoisotopic (exact) mass is 365 g/mol. The fourth-order valence-electron chi connectivity index (χ4n) is 2.38. The van der Waals surface area contributed by atoms with Crippen LogP contribution in [0.25, 0.3) is 11.3 Å². The maximum atomic E-state index is 12.9. The van der Waals surface area contributed by atoms with Crippen molar-refractivity contribution in [1.29, 1.82) is 0 Å². The van der Waals surface area contributed by atoms with E-state index in [4.69, 9.17) is 4.74 Å². The van der Waals surface area contributed by atoms with Gasteiger partial charge < -0.3 is 10.1 Å². The molecule has 0 bridgehead atoms. The molecule has 6 heteroatoms. The van der Waals surface area contributed by atoms with Crippen molar-refractivity contribution in [3.05, 3.63) is 72.0 Å². The molecule has 2 aromatic carbocycles. The zero-order chi connectivity index (χ0) is 19.2. The predicted octanol–water partition coefficient (Wildman–Crippen LogP) is 4.60. The lowest BCUT2D eigenvalue weighted by molar-refractivity contribution is 0.0939. The van der Waals surface area contributed by atoms with Crippen molar-refractivity contribution in [2.75, 3.05) is 0 Å². The van der Waals surface area contributed by atoms with E-state index >= 15 is 0 Å². The van der Waals surface area contributed by atoms with Crippen molar-refractivity contribution in [3.63, 3.8) is 0 Å². The number of hydrogen-bond donors (Lipinski definition) is 1. The Morgan fingerprint density at radius 1 is 1.11 bits per heavy atom. The van der Waals surface area contributed by atoms with Crippen molar-refractivity contribution >= 4 is 5.91 Å². The molecule has 0 saturated heterocycles. The second kappa shape index (κ2) is 8.40. The van der Waals surface area contributed by atoms with Crippen LogP contribution in [0.15, 0.2) is 60.7 Å². The maximum Gasteiger partial charge on any atom is 0.251 e. The van der Waals surface area contributed by atoms with Crippen molar-refractivity contribution in [3.8, 4) is 22.9 Å². The Morgan fingerprint density at radius 2 is 1.89 bits per heavy atom. The summed E-state index contributed by atoms with van der Waals surface area (Å²) in [7, 11) is 0. The highest BCUT2D eigenvalue weighted by Crippen LogP contribution is 2.22. The third kappa shape index (κ3) is 4.88. The van der Waals surface area contributed by atoms with E-state index in [1.807, 2.05) is 26.0 Å². The van der Waals surface area contributed by atoms with Gasteiger partial charge in [0.05, 0.1) is 5.69 Å². The Morgan fingerprint density at radius 3 is 2.56 bits per heavy atom. The highest BCUT2D eigenvalue weighted by molar-refractivity contribution is 5.95. The lowest BCUT2D eigenvalue weighted by Gasteiger charge is -2.12. The van der Waals surface area contributed by atoms with Gasteiger partial charge in [-0.3, -0.25) is 4.79 Å². The van der Waals surface area contributed by atoms with Gasteiger partial charge in [0.1, 0.15) is 11.6 Å². The van der Waals surface area contributed by atoms with Gasteiger partial charge in [-0.2, -0.15) is 0 Å². The second-order valence-corrected chi connectivity index (χ2v) is 6.18. The molecule has 0 aliphatic carbocycles. The minimum absolute atomic E-state index is 0.115. The van der Waals surface area contributed by atoms with Gasteiger partial charge in [-0.1, -0.05) is 19.1 Å². The summed E-state index contributed by atoms with van der Waals surface area (Å²) in [5.41, 5.74) is 1.98. The molecule has 1 amide bonds.